The van der Waals surface area contributed by atoms with Crippen LogP contribution in [0.2, 0.25) is 0 Å². The van der Waals surface area contributed by atoms with E-state index in [9.17, 15) is 9.59 Å². The van der Waals surface area contributed by atoms with E-state index in [1.807, 2.05) is 4.90 Å². The zero-order valence-electron chi connectivity index (χ0n) is 14.3. The van der Waals surface area contributed by atoms with Gasteiger partial charge < -0.3 is 16.0 Å². The topological polar surface area (TPSA) is 75.4 Å². The number of nitrogens with one attached hydrogen (secondary N) is 1. The molecule has 2 unspecified atom stereocenters. The van der Waals surface area contributed by atoms with Crippen molar-refractivity contribution in [3.63, 3.8) is 0 Å². The molecule has 23 heavy (non-hydrogen) atoms. The van der Waals surface area contributed by atoms with Crippen LogP contribution in [0, 0.1) is 11.8 Å². The first kappa shape index (κ1) is 20.2. The monoisotopic (exact) mass is 345 g/mol. The van der Waals surface area contributed by atoms with Crippen molar-refractivity contribution in [3.8, 4) is 0 Å². The predicted molar refractivity (Wildman–Crippen MR) is 94.4 cm³/mol. The van der Waals surface area contributed by atoms with Gasteiger partial charge in [0.25, 0.3) is 0 Å². The van der Waals surface area contributed by atoms with Crippen LogP contribution in [0.1, 0.15) is 58.3 Å². The van der Waals surface area contributed by atoms with Crippen molar-refractivity contribution in [2.24, 2.45) is 17.6 Å². The summed E-state index contributed by atoms with van der Waals surface area (Å²) in [5.41, 5.74) is 5.99. The molecule has 1 saturated carbocycles. The van der Waals surface area contributed by atoms with Gasteiger partial charge in [-0.25, -0.2) is 0 Å². The van der Waals surface area contributed by atoms with E-state index in [0.717, 1.165) is 71.0 Å². The predicted octanol–water partition coefficient (Wildman–Crippen LogP) is 2.08. The Labute approximate surface area is 146 Å². The van der Waals surface area contributed by atoms with Gasteiger partial charge in [-0.3, -0.25) is 9.59 Å². The number of carbonyl (C=O) groups is 2. The molecule has 1 saturated heterocycles. The summed E-state index contributed by atoms with van der Waals surface area (Å²) in [6, 6.07) is 0.185. The third-order valence-corrected chi connectivity index (χ3v) is 5.07. The molecule has 0 aromatic carbocycles. The smallest absolute Gasteiger partial charge is 0.225 e. The van der Waals surface area contributed by atoms with Crippen molar-refractivity contribution in [1.82, 2.24) is 10.2 Å². The van der Waals surface area contributed by atoms with Crippen LogP contribution in [0.4, 0.5) is 0 Å². The summed E-state index contributed by atoms with van der Waals surface area (Å²) in [5, 5.41) is 3.01. The van der Waals surface area contributed by atoms with Crippen LogP contribution in [0.3, 0.4) is 0 Å². The second kappa shape index (κ2) is 10.1. The Morgan fingerprint density at radius 2 is 1.83 bits per heavy atom. The van der Waals surface area contributed by atoms with Crippen molar-refractivity contribution in [3.05, 3.63) is 0 Å². The molecule has 1 heterocycles. The molecular weight excluding hydrogens is 314 g/mol. The van der Waals surface area contributed by atoms with Crippen LogP contribution in [-0.2, 0) is 9.59 Å². The van der Waals surface area contributed by atoms with Crippen molar-refractivity contribution < 1.29 is 9.59 Å². The van der Waals surface area contributed by atoms with Crippen LogP contribution >= 0.6 is 12.4 Å². The van der Waals surface area contributed by atoms with Gasteiger partial charge in [0.2, 0.25) is 11.8 Å². The highest BCUT2D eigenvalue weighted by molar-refractivity contribution is 5.85. The lowest BCUT2D eigenvalue weighted by Gasteiger charge is -2.35. The summed E-state index contributed by atoms with van der Waals surface area (Å²) in [6.07, 6.45) is 7.63. The normalized spacial score (nSPS) is 25.6. The fraction of sp³-hybridized carbons (Fsp3) is 0.882. The van der Waals surface area contributed by atoms with Crippen LogP contribution in [0.5, 0.6) is 0 Å². The Morgan fingerprint density at radius 1 is 1.13 bits per heavy atom. The lowest BCUT2D eigenvalue weighted by molar-refractivity contribution is -0.140. The molecule has 2 amide bonds. The maximum Gasteiger partial charge on any atom is 0.225 e. The first-order chi connectivity index (χ1) is 10.6. The Balaban J connectivity index is 0.00000264. The summed E-state index contributed by atoms with van der Waals surface area (Å²) in [6.45, 7) is 4.33. The Hall–Kier alpha value is -0.810. The fourth-order valence-electron chi connectivity index (χ4n) is 3.60. The van der Waals surface area contributed by atoms with E-state index in [1.165, 1.54) is 0 Å². The van der Waals surface area contributed by atoms with Gasteiger partial charge in [0, 0.05) is 37.5 Å². The second-order valence-electron chi connectivity index (χ2n) is 6.87. The maximum atomic E-state index is 12.6. The highest BCUT2D eigenvalue weighted by Gasteiger charge is 2.32. The number of nitrogens with two attached hydrogens (primary N) is 1. The fourth-order valence-corrected chi connectivity index (χ4v) is 3.60. The lowest BCUT2D eigenvalue weighted by atomic mass is 9.84. The van der Waals surface area contributed by atoms with Crippen molar-refractivity contribution in [2.45, 2.75) is 64.3 Å². The van der Waals surface area contributed by atoms with Gasteiger partial charge in [-0.05, 0) is 38.5 Å². The minimum absolute atomic E-state index is 0. The molecule has 0 aromatic rings. The van der Waals surface area contributed by atoms with Crippen LogP contribution in [0.15, 0.2) is 0 Å². The molecular formula is C17H32ClN3O2. The number of carbonyl (C=O) groups excluding carboxylic acids is 2. The molecule has 1 aliphatic heterocycles. The van der Waals surface area contributed by atoms with Crippen molar-refractivity contribution in [2.75, 3.05) is 19.6 Å². The van der Waals surface area contributed by atoms with E-state index >= 15 is 0 Å². The summed E-state index contributed by atoms with van der Waals surface area (Å²) in [7, 11) is 0. The molecule has 0 bridgehead atoms. The quantitative estimate of drug-likeness (QED) is 0.749. The minimum atomic E-state index is 0. The molecule has 0 spiro atoms. The molecule has 6 heteroatoms. The zero-order valence-corrected chi connectivity index (χ0v) is 15.1. The second-order valence-corrected chi connectivity index (χ2v) is 6.87. The van der Waals surface area contributed by atoms with Crippen LogP contribution in [0.25, 0.3) is 0 Å². The lowest BCUT2D eigenvalue weighted by Crippen LogP contribution is -2.46. The molecule has 2 fully saturated rings. The van der Waals surface area contributed by atoms with Gasteiger partial charge in [0.05, 0.1) is 0 Å². The van der Waals surface area contributed by atoms with E-state index in [1.54, 1.807) is 0 Å². The molecule has 2 aliphatic rings. The highest BCUT2D eigenvalue weighted by atomic mass is 35.5. The number of rotatable bonds is 5. The molecule has 5 nitrogen and oxygen atoms in total. The Bertz CT molecular complexity index is 384. The summed E-state index contributed by atoms with van der Waals surface area (Å²) in [4.78, 5) is 26.6. The van der Waals surface area contributed by atoms with E-state index < -0.39 is 0 Å². The molecule has 0 aromatic heterocycles. The largest absolute Gasteiger partial charge is 0.356 e. The van der Waals surface area contributed by atoms with Crippen molar-refractivity contribution in [1.29, 1.82) is 0 Å². The van der Waals surface area contributed by atoms with Gasteiger partial charge in [-0.15, -0.1) is 12.4 Å². The number of likely N-dealkylation sites (tertiary alicyclic amines) is 1. The first-order valence-corrected chi connectivity index (χ1v) is 8.94. The number of amides is 2. The molecule has 134 valence electrons. The van der Waals surface area contributed by atoms with E-state index in [-0.39, 0.29) is 42.1 Å². The standard InChI is InChI=1S/C17H31N3O2.ClH/c1-2-3-9-19-16(21)13-7-10-20(11-8-13)17(22)14-5-4-6-15(18)12-14;/h13-15H,2-12,18H2,1H3,(H,19,21);1H. The van der Waals surface area contributed by atoms with Gasteiger partial charge in [0.15, 0.2) is 0 Å². The van der Waals surface area contributed by atoms with Gasteiger partial charge in [0.1, 0.15) is 0 Å². The van der Waals surface area contributed by atoms with E-state index in [0.29, 0.717) is 0 Å². The molecule has 1 aliphatic carbocycles. The zero-order chi connectivity index (χ0) is 15.9. The molecule has 2 rings (SSSR count). The number of hydrogen-bond donors (Lipinski definition) is 2. The van der Waals surface area contributed by atoms with E-state index in [4.69, 9.17) is 5.73 Å². The Morgan fingerprint density at radius 3 is 2.43 bits per heavy atom. The number of piperidine rings is 1. The van der Waals surface area contributed by atoms with E-state index in [2.05, 4.69) is 12.2 Å². The van der Waals surface area contributed by atoms with Gasteiger partial charge >= 0.3 is 0 Å². The van der Waals surface area contributed by atoms with Crippen LogP contribution < -0.4 is 11.1 Å². The molecule has 2 atom stereocenters. The van der Waals surface area contributed by atoms with Gasteiger partial charge in [-0.2, -0.15) is 0 Å². The van der Waals surface area contributed by atoms with Crippen LogP contribution in [-0.4, -0.2) is 42.4 Å². The SMILES string of the molecule is CCCCNC(=O)C1CCN(C(=O)C2CCCC(N)C2)CC1.Cl. The average Bonchev–Trinajstić information content (AvgIpc) is 2.54. The highest BCUT2D eigenvalue weighted by Crippen LogP contribution is 2.27. The number of unbranched alkanes of at least 4 members (excludes halogenated alkanes) is 1. The first-order valence-electron chi connectivity index (χ1n) is 8.94. The summed E-state index contributed by atoms with van der Waals surface area (Å²) >= 11 is 0. The minimum Gasteiger partial charge on any atom is -0.356 e. The molecule has 0 radical (unpaired) electrons. The summed E-state index contributed by atoms with van der Waals surface area (Å²) < 4.78 is 0. The Kier molecular flexibility index (Phi) is 8.92. The van der Waals surface area contributed by atoms with Gasteiger partial charge in [-0.1, -0.05) is 19.8 Å². The molecule has 3 N–H and O–H groups in total. The summed E-state index contributed by atoms with van der Waals surface area (Å²) in [5.74, 6) is 0.619. The third-order valence-electron chi connectivity index (χ3n) is 5.07. The third kappa shape index (κ3) is 5.96. The maximum absolute atomic E-state index is 12.6. The average molecular weight is 346 g/mol. The number of halogens is 1. The van der Waals surface area contributed by atoms with Crippen molar-refractivity contribution >= 4 is 24.2 Å². The number of nitrogens with zero attached hydrogens (tertiary/aromatic N) is 1. The number of hydrogen-bond acceptors (Lipinski definition) is 3.